The highest BCUT2D eigenvalue weighted by Gasteiger charge is 2.24. The maximum atomic E-state index is 12.5. The molecule has 0 heterocycles. The molecule has 0 unspecified atom stereocenters. The van der Waals surface area contributed by atoms with Gasteiger partial charge in [-0.2, -0.15) is 0 Å². The fourth-order valence-corrected chi connectivity index (χ4v) is 3.47. The largest absolute Gasteiger partial charge is 0.508 e. The Morgan fingerprint density at radius 3 is 2.23 bits per heavy atom. The topological polar surface area (TPSA) is 66.4 Å². The summed E-state index contributed by atoms with van der Waals surface area (Å²) in [6.45, 7) is 5.63. The van der Waals surface area contributed by atoms with Gasteiger partial charge >= 0.3 is 0 Å². The van der Waals surface area contributed by atoms with E-state index in [1.807, 2.05) is 6.92 Å². The fraction of sp³-hybridized carbons (Fsp3) is 0.176. The number of rotatable bonds is 6. The van der Waals surface area contributed by atoms with Crippen LogP contribution in [0.2, 0.25) is 0 Å². The van der Waals surface area contributed by atoms with Gasteiger partial charge in [-0.3, -0.25) is 0 Å². The third-order valence-electron chi connectivity index (χ3n) is 3.49. The zero-order chi connectivity index (χ0) is 16.2. The van der Waals surface area contributed by atoms with Crippen molar-refractivity contribution in [3.05, 3.63) is 72.8 Å². The Hall–Kier alpha value is -2.11. The number of hydrogen-bond donors (Lipinski definition) is 2. The fourth-order valence-electron chi connectivity index (χ4n) is 2.13. The van der Waals surface area contributed by atoms with E-state index in [4.69, 9.17) is 0 Å². The molecular formula is C17H19NO3S. The Labute approximate surface area is 131 Å². The smallest absolute Gasteiger partial charge is 0.241 e. The monoisotopic (exact) mass is 317 g/mol. The van der Waals surface area contributed by atoms with Crippen molar-refractivity contribution in [2.24, 2.45) is 5.92 Å². The average Bonchev–Trinajstić information content (AvgIpc) is 2.54. The van der Waals surface area contributed by atoms with Gasteiger partial charge < -0.3 is 5.11 Å². The highest BCUT2D eigenvalue weighted by Crippen LogP contribution is 2.26. The minimum atomic E-state index is -3.63. The second kappa shape index (κ2) is 6.77. The van der Waals surface area contributed by atoms with Gasteiger partial charge in [0.05, 0.1) is 10.9 Å². The zero-order valence-electron chi connectivity index (χ0n) is 12.3. The molecule has 0 saturated heterocycles. The van der Waals surface area contributed by atoms with Gasteiger partial charge in [0.25, 0.3) is 0 Å². The molecule has 0 aliphatic heterocycles. The molecule has 0 saturated carbocycles. The van der Waals surface area contributed by atoms with Crippen LogP contribution in [0.1, 0.15) is 18.5 Å². The van der Waals surface area contributed by atoms with Crippen molar-refractivity contribution < 1.29 is 13.5 Å². The molecule has 2 rings (SSSR count). The van der Waals surface area contributed by atoms with Crippen LogP contribution in [-0.2, 0) is 10.0 Å². The van der Waals surface area contributed by atoms with Crippen LogP contribution in [0.3, 0.4) is 0 Å². The van der Waals surface area contributed by atoms with Crippen molar-refractivity contribution in [2.75, 3.05) is 0 Å². The second-order valence-corrected chi connectivity index (χ2v) is 6.81. The normalized spacial score (nSPS) is 14.2. The lowest BCUT2D eigenvalue weighted by Crippen LogP contribution is -2.32. The van der Waals surface area contributed by atoms with Crippen LogP contribution in [0.25, 0.3) is 0 Å². The van der Waals surface area contributed by atoms with E-state index >= 15 is 0 Å². The van der Waals surface area contributed by atoms with Gasteiger partial charge in [-0.05, 0) is 35.7 Å². The third kappa shape index (κ3) is 3.75. The molecule has 22 heavy (non-hydrogen) atoms. The molecule has 5 heteroatoms. The van der Waals surface area contributed by atoms with Crippen LogP contribution in [-0.4, -0.2) is 13.5 Å². The molecule has 0 fully saturated rings. The molecule has 2 aromatic rings. The standard InChI is InChI=1S/C17H19NO3S/c1-3-13(2)17(14-9-11-15(19)12-10-14)18-22(20,21)16-7-5-4-6-8-16/h3-13,17-19H,1H2,2H3/t13-,17+/m1/s1. The Morgan fingerprint density at radius 1 is 1.09 bits per heavy atom. The Morgan fingerprint density at radius 2 is 1.68 bits per heavy atom. The zero-order valence-corrected chi connectivity index (χ0v) is 13.1. The van der Waals surface area contributed by atoms with Crippen molar-refractivity contribution in [3.63, 3.8) is 0 Å². The predicted molar refractivity (Wildman–Crippen MR) is 87.0 cm³/mol. The molecule has 0 aliphatic carbocycles. The first kappa shape index (κ1) is 16.3. The van der Waals surface area contributed by atoms with E-state index < -0.39 is 16.1 Å². The SMILES string of the molecule is C=C[C@@H](C)[C@H](NS(=O)(=O)c1ccccc1)c1ccc(O)cc1. The van der Waals surface area contributed by atoms with Crippen molar-refractivity contribution in [1.82, 2.24) is 4.72 Å². The first-order valence-electron chi connectivity index (χ1n) is 6.93. The maximum absolute atomic E-state index is 12.5. The summed E-state index contributed by atoms with van der Waals surface area (Å²) in [5.74, 6) is 0.0303. The molecule has 2 N–H and O–H groups in total. The highest BCUT2D eigenvalue weighted by atomic mass is 32.2. The summed E-state index contributed by atoms with van der Waals surface area (Å²) in [4.78, 5) is 0.218. The van der Waals surface area contributed by atoms with E-state index in [1.54, 1.807) is 48.5 Å². The van der Waals surface area contributed by atoms with E-state index in [1.165, 1.54) is 12.1 Å². The summed E-state index contributed by atoms with van der Waals surface area (Å²) in [7, 11) is -3.63. The van der Waals surface area contributed by atoms with E-state index in [-0.39, 0.29) is 16.6 Å². The van der Waals surface area contributed by atoms with E-state index in [0.717, 1.165) is 5.56 Å². The van der Waals surface area contributed by atoms with Crippen LogP contribution < -0.4 is 4.72 Å². The van der Waals surface area contributed by atoms with E-state index in [9.17, 15) is 13.5 Å². The summed E-state index contributed by atoms with van der Waals surface area (Å²) in [6.07, 6.45) is 1.70. The average molecular weight is 317 g/mol. The van der Waals surface area contributed by atoms with Gasteiger partial charge in [-0.1, -0.05) is 43.3 Å². The first-order valence-corrected chi connectivity index (χ1v) is 8.41. The van der Waals surface area contributed by atoms with E-state index in [0.29, 0.717) is 0 Å². The summed E-state index contributed by atoms with van der Waals surface area (Å²) in [5, 5.41) is 9.39. The third-order valence-corrected chi connectivity index (χ3v) is 4.94. The minimum Gasteiger partial charge on any atom is -0.508 e. The van der Waals surface area contributed by atoms with Crippen molar-refractivity contribution in [3.8, 4) is 5.75 Å². The number of phenols is 1. The lowest BCUT2D eigenvalue weighted by atomic mass is 9.95. The summed E-state index contributed by atoms with van der Waals surface area (Å²) < 4.78 is 27.7. The molecule has 2 atom stereocenters. The number of nitrogens with one attached hydrogen (secondary N) is 1. The van der Waals surface area contributed by atoms with Gasteiger partial charge in [0.2, 0.25) is 10.0 Å². The molecule has 0 radical (unpaired) electrons. The number of benzene rings is 2. The second-order valence-electron chi connectivity index (χ2n) is 5.10. The number of phenolic OH excluding ortho intramolecular Hbond substituents is 1. The number of sulfonamides is 1. The molecule has 0 bridgehead atoms. The lowest BCUT2D eigenvalue weighted by molar-refractivity contribution is 0.472. The summed E-state index contributed by atoms with van der Waals surface area (Å²) in [5.41, 5.74) is 0.768. The van der Waals surface area contributed by atoms with Crippen molar-refractivity contribution >= 4 is 10.0 Å². The first-order chi connectivity index (χ1) is 10.4. The molecule has 4 nitrogen and oxygen atoms in total. The molecule has 0 amide bonds. The molecule has 0 aliphatic rings. The van der Waals surface area contributed by atoms with Crippen molar-refractivity contribution in [2.45, 2.75) is 17.9 Å². The van der Waals surface area contributed by atoms with Gasteiger partial charge in [0, 0.05) is 0 Å². The minimum absolute atomic E-state index is 0.108. The van der Waals surface area contributed by atoms with Crippen LogP contribution in [0.5, 0.6) is 5.75 Å². The van der Waals surface area contributed by atoms with Crippen LogP contribution >= 0.6 is 0 Å². The summed E-state index contributed by atoms with van der Waals surface area (Å²) in [6, 6.07) is 14.3. The molecule has 2 aromatic carbocycles. The molecule has 0 aromatic heterocycles. The molecular weight excluding hydrogens is 298 g/mol. The lowest BCUT2D eigenvalue weighted by Gasteiger charge is -2.23. The Balaban J connectivity index is 2.35. The molecule has 116 valence electrons. The highest BCUT2D eigenvalue weighted by molar-refractivity contribution is 7.89. The quantitative estimate of drug-likeness (QED) is 0.804. The summed E-state index contributed by atoms with van der Waals surface area (Å²) >= 11 is 0. The van der Waals surface area contributed by atoms with Gasteiger partial charge in [-0.15, -0.1) is 6.58 Å². The van der Waals surface area contributed by atoms with Gasteiger partial charge in [0.1, 0.15) is 5.75 Å². The van der Waals surface area contributed by atoms with Crippen LogP contribution in [0, 0.1) is 5.92 Å². The van der Waals surface area contributed by atoms with Gasteiger partial charge in [-0.25, -0.2) is 13.1 Å². The maximum Gasteiger partial charge on any atom is 0.241 e. The molecule has 0 spiro atoms. The van der Waals surface area contributed by atoms with Crippen LogP contribution in [0.15, 0.2) is 72.1 Å². The Bertz CT molecular complexity index is 724. The number of hydrogen-bond acceptors (Lipinski definition) is 3. The Kier molecular flexibility index (Phi) is 5.00. The predicted octanol–water partition coefficient (Wildman–Crippen LogP) is 3.23. The van der Waals surface area contributed by atoms with Crippen molar-refractivity contribution in [1.29, 1.82) is 0 Å². The van der Waals surface area contributed by atoms with Crippen LogP contribution in [0.4, 0.5) is 0 Å². The number of aromatic hydroxyl groups is 1. The van der Waals surface area contributed by atoms with Gasteiger partial charge in [0.15, 0.2) is 0 Å². The van der Waals surface area contributed by atoms with E-state index in [2.05, 4.69) is 11.3 Å².